The highest BCUT2D eigenvalue weighted by Gasteiger charge is 2.41. The van der Waals surface area contributed by atoms with Crippen LogP contribution < -0.4 is 15.1 Å². The summed E-state index contributed by atoms with van der Waals surface area (Å²) in [5.41, 5.74) is 8.24. The van der Waals surface area contributed by atoms with Crippen LogP contribution in [0.1, 0.15) is 30.7 Å². The van der Waals surface area contributed by atoms with Crippen LogP contribution >= 0.6 is 0 Å². The first kappa shape index (κ1) is 21.8. The Hall–Kier alpha value is -4.06. The summed E-state index contributed by atoms with van der Waals surface area (Å²) in [6.07, 6.45) is 5.86. The molecule has 0 atom stereocenters. The van der Waals surface area contributed by atoms with Gasteiger partial charge < -0.3 is 14.2 Å². The number of pyridine rings is 1. The van der Waals surface area contributed by atoms with Crippen LogP contribution in [0.15, 0.2) is 36.8 Å². The van der Waals surface area contributed by atoms with Crippen LogP contribution in [0.5, 0.6) is 5.75 Å². The van der Waals surface area contributed by atoms with Crippen LogP contribution in [-0.2, 0) is 13.1 Å². The van der Waals surface area contributed by atoms with Gasteiger partial charge in [-0.1, -0.05) is 0 Å². The van der Waals surface area contributed by atoms with Crippen molar-refractivity contribution in [2.24, 2.45) is 5.41 Å². The molecule has 9 nitrogen and oxygen atoms in total. The number of nitrogens with zero attached hydrogens (tertiary/aromatic N) is 7. The molecule has 0 bridgehead atoms. The molecule has 5 rings (SSSR count). The Kier molecular flexibility index (Phi) is 5.36. The predicted octanol–water partition coefficient (Wildman–Crippen LogP) is 3.84. The molecule has 2 aromatic heterocycles. The van der Waals surface area contributed by atoms with Gasteiger partial charge in [0, 0.05) is 42.7 Å². The predicted molar refractivity (Wildman–Crippen MR) is 131 cm³/mol. The maximum atomic E-state index is 9.42. The number of methoxy groups -OCH3 is 1. The highest BCUT2D eigenvalue weighted by Crippen LogP contribution is 2.38. The summed E-state index contributed by atoms with van der Waals surface area (Å²) in [7, 11) is 1.66. The lowest BCUT2D eigenvalue weighted by Gasteiger charge is -2.45. The molecule has 0 radical (unpaired) electrons. The molecule has 0 saturated carbocycles. The van der Waals surface area contributed by atoms with Crippen molar-refractivity contribution in [1.82, 2.24) is 24.8 Å². The smallest absolute Gasteiger partial charge is 0.163 e. The third kappa shape index (κ3) is 3.81. The van der Waals surface area contributed by atoms with Gasteiger partial charge in [0.1, 0.15) is 17.9 Å². The van der Waals surface area contributed by atoms with Crippen molar-refractivity contribution in [2.75, 3.05) is 30.5 Å². The average Bonchev–Trinajstić information content (AvgIpc) is 3.31. The summed E-state index contributed by atoms with van der Waals surface area (Å²) in [4.78, 5) is 7.03. The third-order valence-electron chi connectivity index (χ3n) is 6.36. The Balaban J connectivity index is 1.39. The first-order chi connectivity index (χ1) is 16.4. The number of anilines is 2. The maximum absolute atomic E-state index is 9.42. The molecule has 0 spiro atoms. The largest absolute Gasteiger partial charge is 0.494 e. The maximum Gasteiger partial charge on any atom is 0.163 e. The van der Waals surface area contributed by atoms with Crippen LogP contribution in [0, 0.1) is 23.7 Å². The Morgan fingerprint density at radius 1 is 1.26 bits per heavy atom. The number of nitrogens with one attached hydrogen (secondary N) is 1. The van der Waals surface area contributed by atoms with E-state index in [0.717, 1.165) is 52.0 Å². The zero-order chi connectivity index (χ0) is 23.9. The van der Waals surface area contributed by atoms with E-state index in [2.05, 4.69) is 45.7 Å². The number of aryl methyl sites for hydroxylation is 2. The fourth-order valence-electron chi connectivity index (χ4n) is 4.55. The highest BCUT2D eigenvalue weighted by atomic mass is 16.5. The molecule has 1 aromatic carbocycles. The number of nitriles is 1. The molecule has 1 N–H and O–H groups in total. The Morgan fingerprint density at radius 3 is 2.82 bits per heavy atom. The lowest BCUT2D eigenvalue weighted by molar-refractivity contribution is 0.331. The minimum Gasteiger partial charge on any atom is -0.494 e. The zero-order valence-corrected chi connectivity index (χ0v) is 19.9. The third-order valence-corrected chi connectivity index (χ3v) is 6.36. The quantitative estimate of drug-likeness (QED) is 0.598. The highest BCUT2D eigenvalue weighted by molar-refractivity contribution is 5.69. The number of ether oxygens (including phenoxy) is 1. The molecule has 1 fully saturated rings. The second-order valence-corrected chi connectivity index (χ2v) is 9.09. The van der Waals surface area contributed by atoms with Gasteiger partial charge in [0.25, 0.3) is 0 Å². The van der Waals surface area contributed by atoms with Crippen molar-refractivity contribution in [2.45, 2.75) is 33.9 Å². The van der Waals surface area contributed by atoms with Crippen molar-refractivity contribution >= 4 is 17.6 Å². The number of aromatic nitrogens is 4. The van der Waals surface area contributed by atoms with E-state index in [9.17, 15) is 5.26 Å². The van der Waals surface area contributed by atoms with Crippen molar-refractivity contribution < 1.29 is 4.74 Å². The fraction of sp³-hybridized carbons (Fsp3) is 0.360. The van der Waals surface area contributed by atoms with Crippen molar-refractivity contribution in [1.29, 1.82) is 5.26 Å². The second-order valence-electron chi connectivity index (χ2n) is 9.09. The van der Waals surface area contributed by atoms with Crippen LogP contribution in [0.4, 0.5) is 11.5 Å². The Morgan fingerprint density at radius 2 is 2.09 bits per heavy atom. The molecule has 0 amide bonds. The topological polar surface area (TPSA) is 95.1 Å². The van der Waals surface area contributed by atoms with Gasteiger partial charge in [-0.15, -0.1) is 10.2 Å². The molecule has 2 aliphatic rings. The van der Waals surface area contributed by atoms with E-state index in [4.69, 9.17) is 9.72 Å². The molecular formula is C25H28N8O. The Bertz CT molecular complexity index is 1300. The standard InChI is InChI=1S/C25H28N8O/c1-5-31-16-27-29-23(31)19-6-7-21(22(11-19)34-4)30-33-9-8-18-10-17(2)28-24(20(18)12-33)32-14-25(3,13-26)15-32/h6-11,16,30H,5,12,14-15H2,1-4H3. The summed E-state index contributed by atoms with van der Waals surface area (Å²) < 4.78 is 7.68. The van der Waals surface area contributed by atoms with Crippen LogP contribution in [0.2, 0.25) is 0 Å². The van der Waals surface area contributed by atoms with Crippen LogP contribution in [-0.4, -0.2) is 45.0 Å². The Labute approximate surface area is 199 Å². The molecule has 4 heterocycles. The molecule has 0 unspecified atom stereocenters. The average molecular weight is 457 g/mol. The van der Waals surface area contributed by atoms with Gasteiger partial charge in [-0.05, 0) is 56.7 Å². The summed E-state index contributed by atoms with van der Waals surface area (Å²) in [6, 6.07) is 10.5. The number of hydrogen-bond acceptors (Lipinski definition) is 8. The van der Waals surface area contributed by atoms with E-state index in [1.54, 1.807) is 13.4 Å². The van der Waals surface area contributed by atoms with Gasteiger partial charge in [-0.25, -0.2) is 4.98 Å². The van der Waals surface area contributed by atoms with Crippen molar-refractivity contribution in [3.8, 4) is 23.2 Å². The van der Waals surface area contributed by atoms with E-state index in [-0.39, 0.29) is 5.41 Å². The van der Waals surface area contributed by atoms with Gasteiger partial charge in [-0.2, -0.15) is 5.26 Å². The van der Waals surface area contributed by atoms with Crippen LogP contribution in [0.3, 0.4) is 0 Å². The van der Waals surface area contributed by atoms with Gasteiger partial charge in [0.15, 0.2) is 5.82 Å². The zero-order valence-electron chi connectivity index (χ0n) is 19.9. The summed E-state index contributed by atoms with van der Waals surface area (Å²) in [5.74, 6) is 2.49. The number of fused-ring (bicyclic) bond motifs is 1. The number of hydrazine groups is 1. The van der Waals surface area contributed by atoms with Crippen LogP contribution in [0.25, 0.3) is 17.5 Å². The van der Waals surface area contributed by atoms with Gasteiger partial charge in [-0.3, -0.25) is 10.4 Å². The molecular weight excluding hydrogens is 428 g/mol. The van der Waals surface area contributed by atoms with Crippen molar-refractivity contribution in [3.05, 3.63) is 53.6 Å². The normalized spacial score (nSPS) is 16.0. The monoisotopic (exact) mass is 456 g/mol. The molecule has 174 valence electrons. The van der Waals surface area contributed by atoms with Gasteiger partial charge in [0.2, 0.25) is 0 Å². The summed E-state index contributed by atoms with van der Waals surface area (Å²) >= 11 is 0. The summed E-state index contributed by atoms with van der Waals surface area (Å²) in [6.45, 7) is 8.90. The molecule has 1 saturated heterocycles. The second kappa shape index (κ2) is 8.37. The van der Waals surface area contributed by atoms with E-state index < -0.39 is 0 Å². The lowest BCUT2D eigenvalue weighted by atomic mass is 9.83. The first-order valence-electron chi connectivity index (χ1n) is 11.4. The molecule has 3 aromatic rings. The van der Waals surface area contributed by atoms with E-state index in [0.29, 0.717) is 19.6 Å². The van der Waals surface area contributed by atoms with Gasteiger partial charge in [0.05, 0.1) is 30.8 Å². The van der Waals surface area contributed by atoms with Crippen molar-refractivity contribution in [3.63, 3.8) is 0 Å². The minimum absolute atomic E-state index is 0.308. The van der Waals surface area contributed by atoms with E-state index in [1.807, 2.05) is 47.8 Å². The number of rotatable bonds is 6. The van der Waals surface area contributed by atoms with Gasteiger partial charge >= 0.3 is 0 Å². The summed E-state index contributed by atoms with van der Waals surface area (Å²) in [5, 5.41) is 19.7. The van der Waals surface area contributed by atoms with E-state index >= 15 is 0 Å². The van der Waals surface area contributed by atoms with E-state index in [1.165, 1.54) is 0 Å². The lowest BCUT2D eigenvalue weighted by Crippen LogP contribution is -2.55. The minimum atomic E-state index is -0.308. The number of benzene rings is 1. The molecule has 2 aliphatic heterocycles. The number of hydrogen-bond donors (Lipinski definition) is 1. The fourth-order valence-corrected chi connectivity index (χ4v) is 4.55. The molecule has 0 aliphatic carbocycles. The first-order valence-corrected chi connectivity index (χ1v) is 11.4. The SMILES string of the molecule is CCn1cnnc1-c1ccc(NN2C=Cc3cc(C)nc(N4CC(C)(C#N)C4)c3C2)c(OC)c1. The molecule has 34 heavy (non-hydrogen) atoms. The molecule has 9 heteroatoms.